The maximum Gasteiger partial charge on any atom is 0.270 e. The van der Waals surface area contributed by atoms with Crippen LogP contribution in [0.2, 0.25) is 0 Å². The molecule has 0 radical (unpaired) electrons. The van der Waals surface area contributed by atoms with Crippen LogP contribution in [0.5, 0.6) is 0 Å². The zero-order valence-corrected chi connectivity index (χ0v) is 12.1. The number of hydrogen-bond donors (Lipinski definition) is 1. The first-order valence-corrected chi connectivity index (χ1v) is 6.77. The Morgan fingerprint density at radius 2 is 1.62 bits per heavy atom. The van der Waals surface area contributed by atoms with Crippen LogP contribution in [0.4, 0.5) is 5.69 Å². The van der Waals surface area contributed by atoms with Crippen molar-refractivity contribution < 1.29 is 9.72 Å². The Hall–Kier alpha value is -2.69. The van der Waals surface area contributed by atoms with E-state index >= 15 is 0 Å². The first-order valence-electron chi connectivity index (χ1n) is 6.77. The number of ketones is 1. The van der Waals surface area contributed by atoms with Gasteiger partial charge < -0.3 is 4.98 Å². The molecule has 0 saturated carbocycles. The lowest BCUT2D eigenvalue weighted by molar-refractivity contribution is -0.384. The standard InChI is InChI=1S/C14H10N2O3.C2H6/c1-8(17)9-2-4-13-11(6-9)12-7-10(16(18)19)3-5-14(12)15-13;1-2/h2-7,15H,1H3;1-2H3. The fraction of sp³-hybridized carbons (Fsp3) is 0.188. The highest BCUT2D eigenvalue weighted by molar-refractivity contribution is 6.10. The van der Waals surface area contributed by atoms with Gasteiger partial charge in [0.1, 0.15) is 0 Å². The normalized spacial score (nSPS) is 10.2. The molecule has 1 N–H and O–H groups in total. The first kappa shape index (κ1) is 14.7. The summed E-state index contributed by atoms with van der Waals surface area (Å²) < 4.78 is 0. The number of benzene rings is 2. The second-order valence-electron chi connectivity index (χ2n) is 4.43. The Morgan fingerprint density at radius 1 is 1.05 bits per heavy atom. The molecule has 0 amide bonds. The summed E-state index contributed by atoms with van der Waals surface area (Å²) in [6.45, 7) is 5.50. The van der Waals surface area contributed by atoms with E-state index in [0.29, 0.717) is 5.56 Å². The summed E-state index contributed by atoms with van der Waals surface area (Å²) in [5.41, 5.74) is 2.32. The first-order chi connectivity index (χ1) is 10.1. The highest BCUT2D eigenvalue weighted by Gasteiger charge is 2.11. The zero-order chi connectivity index (χ0) is 15.6. The molecule has 3 rings (SSSR count). The van der Waals surface area contributed by atoms with Crippen molar-refractivity contribution in [2.75, 3.05) is 0 Å². The SMILES string of the molecule is CC.CC(=O)c1ccc2[nH]c3ccc([N+](=O)[O-])cc3c2c1. The number of carbonyl (C=O) groups excluding carboxylic acids is 1. The lowest BCUT2D eigenvalue weighted by atomic mass is 10.1. The molecule has 21 heavy (non-hydrogen) atoms. The molecule has 0 fully saturated rings. The minimum atomic E-state index is -0.424. The number of carbonyl (C=O) groups is 1. The Kier molecular flexibility index (Phi) is 4.03. The highest BCUT2D eigenvalue weighted by atomic mass is 16.6. The molecule has 3 aromatic rings. The van der Waals surface area contributed by atoms with E-state index in [1.165, 1.54) is 19.1 Å². The van der Waals surface area contributed by atoms with Gasteiger partial charge in [-0.3, -0.25) is 14.9 Å². The van der Waals surface area contributed by atoms with E-state index < -0.39 is 4.92 Å². The van der Waals surface area contributed by atoms with Gasteiger partial charge in [0.2, 0.25) is 0 Å². The second kappa shape index (κ2) is 5.75. The monoisotopic (exact) mass is 284 g/mol. The minimum absolute atomic E-state index is 0.0262. The van der Waals surface area contributed by atoms with E-state index in [4.69, 9.17) is 0 Å². The molecule has 0 bridgehead atoms. The third-order valence-electron chi connectivity index (χ3n) is 3.20. The average molecular weight is 284 g/mol. The van der Waals surface area contributed by atoms with Crippen molar-refractivity contribution in [2.24, 2.45) is 0 Å². The van der Waals surface area contributed by atoms with Gasteiger partial charge in [0.05, 0.1) is 4.92 Å². The quantitative estimate of drug-likeness (QED) is 0.429. The van der Waals surface area contributed by atoms with Crippen molar-refractivity contribution in [3.8, 4) is 0 Å². The van der Waals surface area contributed by atoms with E-state index in [9.17, 15) is 14.9 Å². The van der Waals surface area contributed by atoms with Crippen LogP contribution in [0.15, 0.2) is 36.4 Å². The highest BCUT2D eigenvalue weighted by Crippen LogP contribution is 2.29. The van der Waals surface area contributed by atoms with Gasteiger partial charge in [-0.1, -0.05) is 13.8 Å². The lowest BCUT2D eigenvalue weighted by Crippen LogP contribution is -1.90. The molecule has 5 nitrogen and oxygen atoms in total. The predicted molar refractivity (Wildman–Crippen MR) is 83.8 cm³/mol. The number of H-pyrrole nitrogens is 1. The fourth-order valence-electron chi connectivity index (χ4n) is 2.22. The smallest absolute Gasteiger partial charge is 0.270 e. The molecule has 0 aliphatic carbocycles. The number of aromatic amines is 1. The summed E-state index contributed by atoms with van der Waals surface area (Å²) in [7, 11) is 0. The third kappa shape index (κ3) is 2.63. The van der Waals surface area contributed by atoms with E-state index in [2.05, 4.69) is 4.98 Å². The van der Waals surface area contributed by atoms with Gasteiger partial charge in [0.15, 0.2) is 5.78 Å². The average Bonchev–Trinajstić information content (AvgIpc) is 2.85. The molecule has 0 saturated heterocycles. The number of fused-ring (bicyclic) bond motifs is 3. The van der Waals surface area contributed by atoms with E-state index in [-0.39, 0.29) is 11.5 Å². The number of nitrogens with zero attached hydrogens (tertiary/aromatic N) is 1. The third-order valence-corrected chi connectivity index (χ3v) is 3.20. The molecular weight excluding hydrogens is 268 g/mol. The number of nitro groups is 1. The largest absolute Gasteiger partial charge is 0.355 e. The summed E-state index contributed by atoms with van der Waals surface area (Å²) >= 11 is 0. The Labute approximate surface area is 121 Å². The fourth-order valence-corrected chi connectivity index (χ4v) is 2.22. The van der Waals surface area contributed by atoms with Gasteiger partial charge in [-0.2, -0.15) is 0 Å². The van der Waals surface area contributed by atoms with Crippen molar-refractivity contribution in [3.05, 3.63) is 52.1 Å². The van der Waals surface area contributed by atoms with Crippen molar-refractivity contribution >= 4 is 33.3 Å². The maximum absolute atomic E-state index is 11.4. The van der Waals surface area contributed by atoms with Crippen LogP contribution in [-0.4, -0.2) is 15.7 Å². The molecule has 0 atom stereocenters. The number of hydrogen-bond acceptors (Lipinski definition) is 3. The summed E-state index contributed by atoms with van der Waals surface area (Å²) in [5, 5.41) is 12.4. The number of rotatable bonds is 2. The van der Waals surface area contributed by atoms with Crippen LogP contribution in [-0.2, 0) is 0 Å². The molecule has 5 heteroatoms. The summed E-state index contributed by atoms with van der Waals surface area (Å²) in [4.78, 5) is 25.0. The minimum Gasteiger partial charge on any atom is -0.355 e. The van der Waals surface area contributed by atoms with Gasteiger partial charge in [-0.25, -0.2) is 0 Å². The topological polar surface area (TPSA) is 76.0 Å². The van der Waals surface area contributed by atoms with Crippen molar-refractivity contribution in [1.82, 2.24) is 4.98 Å². The molecule has 0 aliphatic heterocycles. The number of Topliss-reactive ketones (excluding diaryl/α,β-unsaturated/α-hetero) is 1. The summed E-state index contributed by atoms with van der Waals surface area (Å²) in [6, 6.07) is 10.00. The van der Waals surface area contributed by atoms with E-state index in [1.807, 2.05) is 19.9 Å². The van der Waals surface area contributed by atoms with Crippen molar-refractivity contribution in [1.29, 1.82) is 0 Å². The molecular formula is C16H16N2O3. The Balaban J connectivity index is 0.000000774. The van der Waals surface area contributed by atoms with Gasteiger partial charge in [-0.05, 0) is 31.2 Å². The summed E-state index contributed by atoms with van der Waals surface area (Å²) in [6.07, 6.45) is 0. The second-order valence-corrected chi connectivity index (χ2v) is 4.43. The predicted octanol–water partition coefficient (Wildman–Crippen LogP) is 4.46. The van der Waals surface area contributed by atoms with E-state index in [1.54, 1.807) is 18.2 Å². The Bertz CT molecular complexity index is 766. The molecule has 0 spiro atoms. The Morgan fingerprint density at radius 3 is 2.19 bits per heavy atom. The zero-order valence-electron chi connectivity index (χ0n) is 12.1. The van der Waals surface area contributed by atoms with Crippen LogP contribution < -0.4 is 0 Å². The number of aromatic nitrogens is 1. The maximum atomic E-state index is 11.4. The van der Waals surface area contributed by atoms with Crippen molar-refractivity contribution in [2.45, 2.75) is 20.8 Å². The molecule has 108 valence electrons. The number of nitro benzene ring substituents is 1. The van der Waals surface area contributed by atoms with Gasteiger partial charge >= 0.3 is 0 Å². The van der Waals surface area contributed by atoms with Crippen LogP contribution in [0.1, 0.15) is 31.1 Å². The molecule has 1 aromatic heterocycles. The number of nitrogens with one attached hydrogen (secondary N) is 1. The van der Waals surface area contributed by atoms with Crippen LogP contribution in [0.3, 0.4) is 0 Å². The van der Waals surface area contributed by atoms with Crippen molar-refractivity contribution in [3.63, 3.8) is 0 Å². The molecule has 0 unspecified atom stereocenters. The van der Waals surface area contributed by atoms with E-state index in [0.717, 1.165) is 21.8 Å². The van der Waals surface area contributed by atoms with Gasteiger partial charge in [-0.15, -0.1) is 0 Å². The van der Waals surface area contributed by atoms with Crippen LogP contribution in [0.25, 0.3) is 21.8 Å². The summed E-state index contributed by atoms with van der Waals surface area (Å²) in [5.74, 6) is -0.0262. The van der Waals surface area contributed by atoms with Crippen LogP contribution in [0, 0.1) is 10.1 Å². The number of non-ortho nitro benzene ring substituents is 1. The molecule has 0 aliphatic rings. The van der Waals surface area contributed by atoms with Gasteiger partial charge in [0.25, 0.3) is 5.69 Å². The molecule has 2 aromatic carbocycles. The van der Waals surface area contributed by atoms with Crippen LogP contribution >= 0.6 is 0 Å². The molecule has 1 heterocycles. The lowest BCUT2D eigenvalue weighted by Gasteiger charge is -1.96. The van der Waals surface area contributed by atoms with Gasteiger partial charge in [0, 0.05) is 39.5 Å².